The summed E-state index contributed by atoms with van der Waals surface area (Å²) in [6.07, 6.45) is 6.82. The van der Waals surface area contributed by atoms with Gasteiger partial charge in [-0.05, 0) is 30.9 Å². The third kappa shape index (κ3) is 6.06. The highest BCUT2D eigenvalue weighted by Gasteiger charge is 2.21. The third-order valence-electron chi connectivity index (χ3n) is 3.55. The number of rotatable bonds is 10. The fourth-order valence-corrected chi connectivity index (χ4v) is 3.18. The van der Waals surface area contributed by atoms with Gasteiger partial charge in [-0.2, -0.15) is 8.42 Å². The Labute approximate surface area is 129 Å². The zero-order valence-corrected chi connectivity index (χ0v) is 13.9. The Morgan fingerprint density at radius 1 is 1.00 bits per heavy atom. The van der Waals surface area contributed by atoms with Crippen molar-refractivity contribution in [2.75, 3.05) is 10.8 Å². The van der Waals surface area contributed by atoms with Crippen molar-refractivity contribution in [1.82, 2.24) is 0 Å². The fourth-order valence-electron chi connectivity index (χ4n) is 2.40. The Morgan fingerprint density at radius 2 is 1.62 bits per heavy atom. The highest BCUT2D eigenvalue weighted by molar-refractivity contribution is 7.87. The maximum Gasteiger partial charge on any atom is 0.359 e. The summed E-state index contributed by atoms with van der Waals surface area (Å²) in [5, 5.41) is 0. The van der Waals surface area contributed by atoms with Crippen molar-refractivity contribution < 1.29 is 13.0 Å². The molecule has 0 spiro atoms. The van der Waals surface area contributed by atoms with Crippen molar-refractivity contribution in [2.24, 2.45) is 0 Å². The summed E-state index contributed by atoms with van der Waals surface area (Å²) >= 11 is 0. The van der Waals surface area contributed by atoms with Crippen LogP contribution in [0.4, 0.5) is 5.69 Å². The van der Waals surface area contributed by atoms with E-state index in [1.807, 2.05) is 18.2 Å². The first-order valence-corrected chi connectivity index (χ1v) is 9.23. The third-order valence-corrected chi connectivity index (χ3v) is 4.49. The Balaban J connectivity index is 2.95. The molecule has 0 aromatic heterocycles. The molecule has 4 nitrogen and oxygen atoms in total. The van der Waals surface area contributed by atoms with Crippen LogP contribution in [0, 0.1) is 0 Å². The van der Waals surface area contributed by atoms with Crippen LogP contribution in [-0.4, -0.2) is 19.5 Å². The minimum absolute atomic E-state index is 0.331. The van der Waals surface area contributed by atoms with E-state index in [4.69, 9.17) is 0 Å². The maximum atomic E-state index is 11.7. The van der Waals surface area contributed by atoms with E-state index in [0.29, 0.717) is 12.2 Å². The average molecular weight is 313 g/mol. The van der Waals surface area contributed by atoms with E-state index in [1.54, 1.807) is 6.07 Å². The van der Waals surface area contributed by atoms with Crippen LogP contribution >= 0.6 is 0 Å². The highest BCUT2D eigenvalue weighted by Crippen LogP contribution is 2.25. The van der Waals surface area contributed by atoms with Gasteiger partial charge in [0.15, 0.2) is 0 Å². The van der Waals surface area contributed by atoms with Gasteiger partial charge in [-0.25, -0.2) is 4.31 Å². The molecule has 120 valence electrons. The van der Waals surface area contributed by atoms with Gasteiger partial charge in [-0.1, -0.05) is 57.7 Å². The average Bonchev–Trinajstić information content (AvgIpc) is 2.43. The first-order valence-electron chi connectivity index (χ1n) is 7.83. The molecule has 0 saturated carbocycles. The lowest BCUT2D eigenvalue weighted by Gasteiger charge is -2.23. The molecule has 0 aliphatic rings. The predicted molar refractivity (Wildman–Crippen MR) is 88.1 cm³/mol. The van der Waals surface area contributed by atoms with Gasteiger partial charge in [0.2, 0.25) is 0 Å². The van der Waals surface area contributed by atoms with Gasteiger partial charge in [-0.15, -0.1) is 0 Å². The molecule has 0 heterocycles. The molecule has 0 aliphatic heterocycles. The van der Waals surface area contributed by atoms with Crippen molar-refractivity contribution in [3.63, 3.8) is 0 Å². The first-order chi connectivity index (χ1) is 10.0. The van der Waals surface area contributed by atoms with E-state index in [0.717, 1.165) is 54.8 Å². The van der Waals surface area contributed by atoms with E-state index >= 15 is 0 Å². The second kappa shape index (κ2) is 9.05. The fraction of sp³-hybridized carbons (Fsp3) is 0.625. The second-order valence-electron chi connectivity index (χ2n) is 5.34. The molecule has 0 saturated heterocycles. The van der Waals surface area contributed by atoms with Crippen LogP contribution in [0.25, 0.3) is 0 Å². The van der Waals surface area contributed by atoms with Crippen LogP contribution < -0.4 is 4.31 Å². The number of hydrogen-bond acceptors (Lipinski definition) is 2. The molecule has 1 rings (SSSR count). The predicted octanol–water partition coefficient (Wildman–Crippen LogP) is 4.22. The number of benzene rings is 1. The number of nitrogens with zero attached hydrogens (tertiary/aromatic N) is 1. The molecule has 1 aromatic carbocycles. The summed E-state index contributed by atoms with van der Waals surface area (Å²) in [6.45, 7) is 4.54. The lowest BCUT2D eigenvalue weighted by Crippen LogP contribution is -2.32. The van der Waals surface area contributed by atoms with E-state index < -0.39 is 10.3 Å². The molecular weight excluding hydrogens is 286 g/mol. The second-order valence-corrected chi connectivity index (χ2v) is 6.68. The Morgan fingerprint density at radius 3 is 2.24 bits per heavy atom. The van der Waals surface area contributed by atoms with Crippen LogP contribution in [0.5, 0.6) is 0 Å². The molecule has 0 fully saturated rings. The summed E-state index contributed by atoms with van der Waals surface area (Å²) < 4.78 is 34.0. The van der Waals surface area contributed by atoms with Crippen molar-refractivity contribution >= 4 is 16.0 Å². The van der Waals surface area contributed by atoms with E-state index in [2.05, 4.69) is 13.8 Å². The van der Waals surface area contributed by atoms with Gasteiger partial charge >= 0.3 is 10.3 Å². The molecule has 0 amide bonds. The van der Waals surface area contributed by atoms with Gasteiger partial charge in [0.05, 0.1) is 5.69 Å². The number of para-hydroxylation sites is 1. The van der Waals surface area contributed by atoms with Gasteiger partial charge < -0.3 is 0 Å². The summed E-state index contributed by atoms with van der Waals surface area (Å²) in [6, 6.07) is 7.46. The van der Waals surface area contributed by atoms with E-state index in [-0.39, 0.29) is 0 Å². The number of anilines is 1. The van der Waals surface area contributed by atoms with Crippen LogP contribution in [0.15, 0.2) is 24.3 Å². The number of unbranched alkanes of at least 4 members (excludes halogenated alkanes) is 4. The molecule has 0 atom stereocenters. The lowest BCUT2D eigenvalue weighted by molar-refractivity contribution is 0.476. The van der Waals surface area contributed by atoms with Crippen LogP contribution in [0.2, 0.25) is 0 Å². The molecule has 1 aromatic rings. The summed E-state index contributed by atoms with van der Waals surface area (Å²) in [4.78, 5) is 0. The van der Waals surface area contributed by atoms with Crippen molar-refractivity contribution in [1.29, 1.82) is 0 Å². The van der Waals surface area contributed by atoms with Crippen LogP contribution in [0.3, 0.4) is 0 Å². The summed E-state index contributed by atoms with van der Waals surface area (Å²) in [5.41, 5.74) is 1.60. The standard InChI is InChI=1S/C16H27NO3S/c1-3-5-7-11-15-12-8-9-13-16(15)17(21(18,19)20)14-10-6-4-2/h8-9,12-13H,3-7,10-11,14H2,1-2H3,(H,18,19,20). The molecule has 0 unspecified atom stereocenters. The normalized spacial score (nSPS) is 11.6. The molecule has 21 heavy (non-hydrogen) atoms. The Kier molecular flexibility index (Phi) is 7.75. The van der Waals surface area contributed by atoms with Crippen molar-refractivity contribution in [2.45, 2.75) is 58.8 Å². The van der Waals surface area contributed by atoms with Gasteiger partial charge in [0.25, 0.3) is 0 Å². The SMILES string of the molecule is CCCCCc1ccccc1N(CCCCC)S(=O)(=O)O. The highest BCUT2D eigenvalue weighted by atomic mass is 32.2. The topological polar surface area (TPSA) is 57.6 Å². The van der Waals surface area contributed by atoms with Gasteiger partial charge in [0, 0.05) is 6.54 Å². The van der Waals surface area contributed by atoms with E-state index in [9.17, 15) is 13.0 Å². The monoisotopic (exact) mass is 313 g/mol. The lowest BCUT2D eigenvalue weighted by atomic mass is 10.1. The van der Waals surface area contributed by atoms with Crippen molar-refractivity contribution in [3.8, 4) is 0 Å². The zero-order valence-electron chi connectivity index (χ0n) is 13.1. The minimum Gasteiger partial charge on any atom is -0.269 e. The first kappa shape index (κ1) is 18.0. The zero-order chi connectivity index (χ0) is 15.7. The van der Waals surface area contributed by atoms with Crippen LogP contribution in [-0.2, 0) is 16.7 Å². The largest absolute Gasteiger partial charge is 0.359 e. The Bertz CT molecular complexity index is 514. The molecule has 5 heteroatoms. The molecular formula is C16H27NO3S. The number of hydrogen-bond donors (Lipinski definition) is 1. The van der Waals surface area contributed by atoms with E-state index in [1.165, 1.54) is 0 Å². The van der Waals surface area contributed by atoms with Crippen molar-refractivity contribution in [3.05, 3.63) is 29.8 Å². The molecule has 0 bridgehead atoms. The van der Waals surface area contributed by atoms with Gasteiger partial charge in [0.1, 0.15) is 0 Å². The maximum absolute atomic E-state index is 11.7. The molecule has 0 radical (unpaired) electrons. The minimum atomic E-state index is -4.22. The van der Waals surface area contributed by atoms with Crippen LogP contribution in [0.1, 0.15) is 57.9 Å². The summed E-state index contributed by atoms with van der Waals surface area (Å²) in [5.74, 6) is 0. The summed E-state index contributed by atoms with van der Waals surface area (Å²) in [7, 11) is -4.22. The van der Waals surface area contributed by atoms with Gasteiger partial charge in [-0.3, -0.25) is 4.55 Å². The Hall–Kier alpha value is -1.07. The molecule has 0 aliphatic carbocycles. The quantitative estimate of drug-likeness (QED) is 0.520. The smallest absolute Gasteiger partial charge is 0.269 e. The molecule has 1 N–H and O–H groups in total. The number of aryl methyl sites for hydroxylation is 1.